The number of aromatic nitrogens is 4. The average molecular weight is 731 g/mol. The van der Waals surface area contributed by atoms with Crippen molar-refractivity contribution < 1.29 is 4.74 Å². The third-order valence-corrected chi connectivity index (χ3v) is 9.91. The van der Waals surface area contributed by atoms with Crippen molar-refractivity contribution in [1.29, 1.82) is 0 Å². The SMILES string of the molecule is C1=Cc2nc1c(-c1ccccc1)c1ccc([nH]1)c(-c1ccccc1)c1nc(c(-c3ccc(OC4CC4)cc3)c3ccc([nH]3)c2-c2ccccc2)C=C1.CC.CC. The average Bonchev–Trinajstić information content (AvgIpc) is 3.72. The van der Waals surface area contributed by atoms with Crippen LogP contribution in [0.1, 0.15) is 63.3 Å². The highest BCUT2D eigenvalue weighted by molar-refractivity contribution is 5.99. The van der Waals surface area contributed by atoms with Gasteiger partial charge in [0, 0.05) is 44.3 Å². The van der Waals surface area contributed by atoms with Crippen LogP contribution in [0.4, 0.5) is 0 Å². The van der Waals surface area contributed by atoms with E-state index in [-0.39, 0.29) is 0 Å². The monoisotopic (exact) mass is 730 g/mol. The molecule has 1 aliphatic carbocycles. The molecule has 0 spiro atoms. The smallest absolute Gasteiger partial charge is 0.119 e. The maximum Gasteiger partial charge on any atom is 0.119 e. The normalized spacial score (nSPS) is 12.6. The van der Waals surface area contributed by atoms with Crippen molar-refractivity contribution in [2.45, 2.75) is 46.6 Å². The van der Waals surface area contributed by atoms with Gasteiger partial charge >= 0.3 is 0 Å². The van der Waals surface area contributed by atoms with Gasteiger partial charge in [0.1, 0.15) is 5.75 Å². The van der Waals surface area contributed by atoms with E-state index >= 15 is 0 Å². The van der Waals surface area contributed by atoms with E-state index in [1.54, 1.807) is 0 Å². The summed E-state index contributed by atoms with van der Waals surface area (Å²) in [6.07, 6.45) is 11.1. The molecule has 1 saturated carbocycles. The summed E-state index contributed by atoms with van der Waals surface area (Å²) < 4.78 is 6.12. The van der Waals surface area contributed by atoms with Gasteiger partial charge in [-0.3, -0.25) is 0 Å². The summed E-state index contributed by atoms with van der Waals surface area (Å²) >= 11 is 0. The molecular weight excluding hydrogens is 685 g/mol. The fraction of sp³-hybridized carbons (Fsp3) is 0.137. The van der Waals surface area contributed by atoms with Crippen LogP contribution in [0, 0.1) is 0 Å². The quantitative estimate of drug-likeness (QED) is 0.179. The van der Waals surface area contributed by atoms with Gasteiger partial charge in [0.2, 0.25) is 0 Å². The Morgan fingerprint density at radius 1 is 0.393 bits per heavy atom. The highest BCUT2D eigenvalue weighted by Gasteiger charge is 2.24. The first-order valence-corrected chi connectivity index (χ1v) is 19.8. The lowest BCUT2D eigenvalue weighted by Crippen LogP contribution is -1.95. The molecule has 0 radical (unpaired) electrons. The fourth-order valence-electron chi connectivity index (χ4n) is 7.31. The number of fused-ring (bicyclic) bond motifs is 8. The molecule has 4 aromatic carbocycles. The Balaban J connectivity index is 0.00000107. The van der Waals surface area contributed by atoms with Crippen LogP contribution in [0.2, 0.25) is 0 Å². The Morgan fingerprint density at radius 2 is 0.696 bits per heavy atom. The Labute approximate surface area is 329 Å². The predicted octanol–water partition coefficient (Wildman–Crippen LogP) is 13.9. The number of aromatic amines is 2. The van der Waals surface area contributed by atoms with Gasteiger partial charge in [0.05, 0.1) is 28.9 Å². The first-order chi connectivity index (χ1) is 27.7. The summed E-state index contributed by atoms with van der Waals surface area (Å²) in [5.74, 6) is 0.898. The highest BCUT2D eigenvalue weighted by Crippen LogP contribution is 2.39. The number of H-pyrrole nitrogens is 2. The molecule has 0 unspecified atom stereocenters. The zero-order chi connectivity index (χ0) is 38.4. The van der Waals surface area contributed by atoms with E-state index in [2.05, 4.69) is 174 Å². The second kappa shape index (κ2) is 16.3. The van der Waals surface area contributed by atoms with Crippen molar-refractivity contribution in [3.05, 3.63) is 162 Å². The summed E-state index contributed by atoms with van der Waals surface area (Å²) in [6, 6.07) is 48.6. The van der Waals surface area contributed by atoms with Crippen molar-refractivity contribution >= 4 is 46.4 Å². The molecule has 3 aliphatic rings. The number of nitrogens with zero attached hydrogens (tertiary/aromatic N) is 2. The molecule has 5 heteroatoms. The van der Waals surface area contributed by atoms with Gasteiger partial charge in [-0.15, -0.1) is 0 Å². The second-order valence-electron chi connectivity index (χ2n) is 13.4. The zero-order valence-electron chi connectivity index (χ0n) is 32.4. The van der Waals surface area contributed by atoms with Gasteiger partial charge in [-0.1, -0.05) is 131 Å². The predicted molar refractivity (Wildman–Crippen MR) is 237 cm³/mol. The van der Waals surface area contributed by atoms with Crippen molar-refractivity contribution in [1.82, 2.24) is 19.9 Å². The number of hydrogen-bond acceptors (Lipinski definition) is 3. The van der Waals surface area contributed by atoms with E-state index in [1.807, 2.05) is 27.7 Å². The van der Waals surface area contributed by atoms with Crippen molar-refractivity contribution in [3.63, 3.8) is 0 Å². The van der Waals surface area contributed by atoms with Gasteiger partial charge in [0.15, 0.2) is 0 Å². The Hall–Kier alpha value is -6.72. The van der Waals surface area contributed by atoms with E-state index in [0.29, 0.717) is 6.10 Å². The lowest BCUT2D eigenvalue weighted by molar-refractivity contribution is 0.303. The molecule has 2 N–H and O–H groups in total. The Kier molecular flexibility index (Phi) is 10.6. The molecule has 0 amide bonds. The molecule has 5 nitrogen and oxygen atoms in total. The molecule has 2 aliphatic heterocycles. The van der Waals surface area contributed by atoms with Gasteiger partial charge in [0.25, 0.3) is 0 Å². The van der Waals surface area contributed by atoms with Gasteiger partial charge in [-0.05, 0) is 95.8 Å². The first kappa shape index (κ1) is 36.3. The van der Waals surface area contributed by atoms with E-state index in [4.69, 9.17) is 14.7 Å². The second-order valence-corrected chi connectivity index (χ2v) is 13.4. The van der Waals surface area contributed by atoms with Crippen molar-refractivity contribution in [2.75, 3.05) is 0 Å². The van der Waals surface area contributed by atoms with Gasteiger partial charge < -0.3 is 14.7 Å². The maximum atomic E-state index is 6.12. The van der Waals surface area contributed by atoms with Crippen molar-refractivity contribution in [2.24, 2.45) is 0 Å². The lowest BCUT2D eigenvalue weighted by Gasteiger charge is -2.08. The summed E-state index contributed by atoms with van der Waals surface area (Å²) in [7, 11) is 0. The topological polar surface area (TPSA) is 66.6 Å². The van der Waals surface area contributed by atoms with Crippen LogP contribution < -0.4 is 4.74 Å². The van der Waals surface area contributed by atoms with E-state index in [9.17, 15) is 0 Å². The standard InChI is InChI=1S/C47H34N4O.2C2H6/c1-4-10-30(11-5-1)44-36-22-24-38(48-36)45(31-12-6-2-7-13-31)40-26-28-42(50-40)47(33-16-18-34(19-17-33)52-35-20-21-35)43-29-27-41(51-43)46(32-14-8-3-9-15-32)39-25-23-37(44)49-39;2*1-2/h1-19,22-29,35,48,51H,20-21H2;2*1-2H3. The Bertz CT molecular complexity index is 2650. The number of nitrogens with one attached hydrogen (secondary N) is 2. The van der Waals surface area contributed by atoms with E-state index in [0.717, 1.165) is 108 Å². The highest BCUT2D eigenvalue weighted by atomic mass is 16.5. The minimum atomic E-state index is 0.338. The van der Waals surface area contributed by atoms with Crippen LogP contribution in [-0.4, -0.2) is 26.0 Å². The largest absolute Gasteiger partial charge is 0.490 e. The Morgan fingerprint density at radius 3 is 1.00 bits per heavy atom. The molecular formula is C51H46N4O. The molecule has 5 heterocycles. The van der Waals surface area contributed by atoms with Crippen LogP contribution in [0.25, 0.3) is 90.9 Å². The number of benzene rings is 4. The van der Waals surface area contributed by atoms with Gasteiger partial charge in [-0.25, -0.2) is 9.97 Å². The maximum absolute atomic E-state index is 6.12. The molecule has 7 aromatic rings. The third-order valence-electron chi connectivity index (χ3n) is 9.91. The molecule has 56 heavy (non-hydrogen) atoms. The summed E-state index contributed by atoms with van der Waals surface area (Å²) in [5.41, 5.74) is 16.0. The summed E-state index contributed by atoms with van der Waals surface area (Å²) in [6.45, 7) is 8.00. The van der Waals surface area contributed by atoms with Gasteiger partial charge in [-0.2, -0.15) is 0 Å². The first-order valence-electron chi connectivity index (χ1n) is 19.8. The molecule has 10 rings (SSSR count). The molecule has 1 fully saturated rings. The minimum Gasteiger partial charge on any atom is -0.490 e. The molecule has 3 aromatic heterocycles. The molecule has 276 valence electrons. The third kappa shape index (κ3) is 7.24. The summed E-state index contributed by atoms with van der Waals surface area (Å²) in [4.78, 5) is 18.4. The zero-order valence-corrected chi connectivity index (χ0v) is 32.4. The van der Waals surface area contributed by atoms with Crippen LogP contribution in [0.15, 0.2) is 140 Å². The van der Waals surface area contributed by atoms with Crippen molar-refractivity contribution in [3.8, 4) is 50.3 Å². The minimum absolute atomic E-state index is 0.338. The fourth-order valence-corrected chi connectivity index (χ4v) is 7.31. The lowest BCUT2D eigenvalue weighted by atomic mass is 10.0. The van der Waals surface area contributed by atoms with Crippen LogP contribution >= 0.6 is 0 Å². The van der Waals surface area contributed by atoms with Crippen LogP contribution in [0.5, 0.6) is 5.75 Å². The summed E-state index contributed by atoms with van der Waals surface area (Å²) in [5, 5.41) is 0. The number of hydrogen-bond donors (Lipinski definition) is 2. The van der Waals surface area contributed by atoms with E-state index < -0.39 is 0 Å². The van der Waals surface area contributed by atoms with Crippen LogP contribution in [0.3, 0.4) is 0 Å². The molecule has 0 atom stereocenters. The molecule has 8 bridgehead atoms. The molecule has 0 saturated heterocycles. The number of rotatable bonds is 6. The van der Waals surface area contributed by atoms with Crippen LogP contribution in [-0.2, 0) is 0 Å². The van der Waals surface area contributed by atoms with E-state index in [1.165, 1.54) is 0 Å². The number of ether oxygens (including phenoxy) is 1.